The van der Waals surface area contributed by atoms with E-state index in [1.165, 1.54) is 4.70 Å². The Hall–Kier alpha value is -2.78. The van der Waals surface area contributed by atoms with Crippen LogP contribution in [0.2, 0.25) is 0 Å². The Morgan fingerprint density at radius 2 is 1.79 bits per heavy atom. The maximum Gasteiger partial charge on any atom is 0.285 e. The number of benzene rings is 2. The number of carbonyl (C=O) groups is 1. The Labute approximate surface area is 196 Å². The highest BCUT2D eigenvalue weighted by molar-refractivity contribution is 7.90. The van der Waals surface area contributed by atoms with Crippen molar-refractivity contribution < 1.29 is 13.2 Å². The first kappa shape index (κ1) is 20.8. The minimum absolute atomic E-state index is 0.0720. The fourth-order valence-electron chi connectivity index (χ4n) is 5.23. The molecule has 0 N–H and O–H groups in total. The molecule has 9 heteroatoms. The van der Waals surface area contributed by atoms with Crippen LogP contribution in [0.1, 0.15) is 42.2 Å². The van der Waals surface area contributed by atoms with E-state index in [1.807, 2.05) is 34.1 Å². The molecule has 4 heterocycles. The standard InChI is InChI=1S/C24H24N4O3S2/c29-24(27-13-5-7-16(15-27)23-25-18-9-2-3-11-20(18)32-23)19-10-6-14-28(19)22-17-8-1-4-12-21(17)33(30,31)26-22/h1-4,8-9,11-12,16,19H,5-7,10,13-15H2/t16-,19-/m1/s1. The second-order valence-corrected chi connectivity index (χ2v) is 11.5. The predicted molar refractivity (Wildman–Crippen MR) is 128 cm³/mol. The van der Waals surface area contributed by atoms with Crippen molar-refractivity contribution in [3.63, 3.8) is 0 Å². The Balaban J connectivity index is 1.25. The zero-order valence-corrected chi connectivity index (χ0v) is 19.7. The summed E-state index contributed by atoms with van der Waals surface area (Å²) in [6.45, 7) is 2.02. The average molecular weight is 481 g/mol. The maximum absolute atomic E-state index is 13.7. The zero-order valence-electron chi connectivity index (χ0n) is 18.1. The summed E-state index contributed by atoms with van der Waals surface area (Å²) < 4.78 is 30.4. The van der Waals surface area contributed by atoms with Crippen molar-refractivity contribution in [2.45, 2.75) is 42.5 Å². The molecule has 2 aromatic carbocycles. The van der Waals surface area contributed by atoms with E-state index in [9.17, 15) is 13.2 Å². The molecule has 1 amide bonds. The number of rotatable bonds is 2. The molecular weight excluding hydrogens is 456 g/mol. The normalized spacial score (nSPS) is 24.2. The molecular formula is C24H24N4O3S2. The van der Waals surface area contributed by atoms with Crippen LogP contribution in [0.4, 0.5) is 0 Å². The molecule has 0 aliphatic carbocycles. The molecule has 0 spiro atoms. The van der Waals surface area contributed by atoms with E-state index in [0.29, 0.717) is 30.9 Å². The molecule has 2 atom stereocenters. The van der Waals surface area contributed by atoms with Gasteiger partial charge in [-0.15, -0.1) is 15.7 Å². The van der Waals surface area contributed by atoms with E-state index < -0.39 is 10.0 Å². The average Bonchev–Trinajstić information content (AvgIpc) is 3.55. The van der Waals surface area contributed by atoms with Gasteiger partial charge in [0.2, 0.25) is 5.91 Å². The summed E-state index contributed by atoms with van der Waals surface area (Å²) in [5.74, 6) is 0.726. The molecule has 0 unspecified atom stereocenters. The number of nitrogens with zero attached hydrogens (tertiary/aromatic N) is 4. The number of thiazole rings is 1. The number of piperidine rings is 1. The van der Waals surface area contributed by atoms with Crippen molar-refractivity contribution in [1.29, 1.82) is 0 Å². The second kappa shape index (κ2) is 7.92. The van der Waals surface area contributed by atoms with Crippen LogP contribution in [-0.4, -0.2) is 60.6 Å². The van der Waals surface area contributed by atoms with Crippen molar-refractivity contribution in [1.82, 2.24) is 14.8 Å². The van der Waals surface area contributed by atoms with Gasteiger partial charge >= 0.3 is 0 Å². The lowest BCUT2D eigenvalue weighted by molar-refractivity contribution is -0.136. The number of aromatic nitrogens is 1. The molecule has 0 bridgehead atoms. The molecule has 33 heavy (non-hydrogen) atoms. The molecule has 3 aliphatic rings. The van der Waals surface area contributed by atoms with Crippen LogP contribution in [0, 0.1) is 0 Å². The van der Waals surface area contributed by atoms with Crippen LogP contribution in [0.3, 0.4) is 0 Å². The van der Waals surface area contributed by atoms with Crippen molar-refractivity contribution in [3.05, 3.63) is 59.1 Å². The van der Waals surface area contributed by atoms with Crippen LogP contribution in [-0.2, 0) is 14.8 Å². The Kier molecular flexibility index (Phi) is 4.99. The van der Waals surface area contributed by atoms with Crippen LogP contribution >= 0.6 is 11.3 Å². The number of fused-ring (bicyclic) bond motifs is 2. The number of hydrogen-bond donors (Lipinski definition) is 0. The molecule has 3 aromatic rings. The van der Waals surface area contributed by atoms with Crippen LogP contribution in [0.15, 0.2) is 57.8 Å². The monoisotopic (exact) mass is 480 g/mol. The lowest BCUT2D eigenvalue weighted by Crippen LogP contribution is -2.50. The summed E-state index contributed by atoms with van der Waals surface area (Å²) in [4.78, 5) is 22.6. The van der Waals surface area contributed by atoms with Crippen LogP contribution in [0.5, 0.6) is 0 Å². The summed E-state index contributed by atoms with van der Waals surface area (Å²) >= 11 is 1.72. The smallest absolute Gasteiger partial charge is 0.285 e. The van der Waals surface area contributed by atoms with Gasteiger partial charge in [0.05, 0.1) is 15.2 Å². The van der Waals surface area contributed by atoms with E-state index in [4.69, 9.17) is 4.98 Å². The molecule has 3 aliphatic heterocycles. The number of amides is 1. The number of hydrogen-bond acceptors (Lipinski definition) is 6. The number of sulfonamides is 1. The van der Waals surface area contributed by atoms with Crippen molar-refractivity contribution >= 4 is 43.3 Å². The predicted octanol–water partition coefficient (Wildman–Crippen LogP) is 3.62. The van der Waals surface area contributed by atoms with Gasteiger partial charge in [-0.05, 0) is 49.9 Å². The van der Waals surface area contributed by atoms with Crippen molar-refractivity contribution in [2.75, 3.05) is 19.6 Å². The third-order valence-electron chi connectivity index (χ3n) is 6.82. The Morgan fingerprint density at radius 3 is 2.67 bits per heavy atom. The lowest BCUT2D eigenvalue weighted by atomic mass is 9.97. The molecule has 0 radical (unpaired) electrons. The largest absolute Gasteiger partial charge is 0.343 e. The van der Waals surface area contributed by atoms with E-state index in [0.717, 1.165) is 36.3 Å². The van der Waals surface area contributed by atoms with Gasteiger partial charge in [-0.2, -0.15) is 8.42 Å². The van der Waals surface area contributed by atoms with E-state index in [1.54, 1.807) is 29.5 Å². The Morgan fingerprint density at radius 1 is 1.00 bits per heavy atom. The highest BCUT2D eigenvalue weighted by Gasteiger charge is 2.41. The Bertz CT molecular complexity index is 1350. The zero-order chi connectivity index (χ0) is 22.6. The first-order valence-corrected chi connectivity index (χ1v) is 13.6. The molecule has 6 rings (SSSR count). The second-order valence-electron chi connectivity index (χ2n) is 8.88. The SMILES string of the molecule is O=C([C@H]1CCCN1C1=NS(=O)(=O)c2ccccc21)N1CCC[C@@H](c2nc3ccccc3s2)C1. The fraction of sp³-hybridized carbons (Fsp3) is 0.375. The minimum Gasteiger partial charge on any atom is -0.343 e. The summed E-state index contributed by atoms with van der Waals surface area (Å²) in [6, 6.07) is 14.7. The number of likely N-dealkylation sites (tertiary alicyclic amines) is 2. The first-order valence-electron chi connectivity index (χ1n) is 11.4. The lowest BCUT2D eigenvalue weighted by Gasteiger charge is -2.36. The van der Waals surface area contributed by atoms with Gasteiger partial charge in [-0.3, -0.25) is 4.79 Å². The maximum atomic E-state index is 13.7. The molecule has 0 saturated carbocycles. The summed E-state index contributed by atoms with van der Waals surface area (Å²) in [5.41, 5.74) is 1.62. The van der Waals surface area contributed by atoms with Gasteiger partial charge in [0, 0.05) is 31.1 Å². The molecule has 1 aromatic heterocycles. The molecule has 170 valence electrons. The minimum atomic E-state index is -3.71. The topological polar surface area (TPSA) is 82.9 Å². The molecule has 7 nitrogen and oxygen atoms in total. The van der Waals surface area contributed by atoms with Gasteiger partial charge in [-0.1, -0.05) is 24.3 Å². The van der Waals surface area contributed by atoms with Crippen LogP contribution < -0.4 is 0 Å². The van der Waals surface area contributed by atoms with Gasteiger partial charge in [-0.25, -0.2) is 4.98 Å². The third kappa shape index (κ3) is 3.54. The van der Waals surface area contributed by atoms with E-state index in [-0.39, 0.29) is 22.8 Å². The van der Waals surface area contributed by atoms with Crippen molar-refractivity contribution in [2.24, 2.45) is 4.40 Å². The van der Waals surface area contributed by atoms with Crippen molar-refractivity contribution in [3.8, 4) is 0 Å². The number of amidine groups is 1. The molecule has 2 fully saturated rings. The third-order valence-corrected chi connectivity index (χ3v) is 9.34. The molecule has 2 saturated heterocycles. The fourth-order valence-corrected chi connectivity index (χ4v) is 7.54. The summed E-state index contributed by atoms with van der Waals surface area (Å²) in [6.07, 6.45) is 3.52. The van der Waals surface area contributed by atoms with Gasteiger partial charge in [0.15, 0.2) is 5.84 Å². The van der Waals surface area contributed by atoms with Crippen LogP contribution in [0.25, 0.3) is 10.2 Å². The van der Waals surface area contributed by atoms with E-state index >= 15 is 0 Å². The number of carbonyl (C=O) groups excluding carboxylic acids is 1. The first-order chi connectivity index (χ1) is 16.0. The highest BCUT2D eigenvalue weighted by atomic mass is 32.2. The van der Waals surface area contributed by atoms with Gasteiger partial charge < -0.3 is 9.80 Å². The summed E-state index contributed by atoms with van der Waals surface area (Å²) in [5, 5.41) is 1.09. The highest BCUT2D eigenvalue weighted by Crippen LogP contribution is 2.35. The van der Waals surface area contributed by atoms with E-state index in [2.05, 4.69) is 10.5 Å². The van der Waals surface area contributed by atoms with Gasteiger partial charge in [0.1, 0.15) is 10.9 Å². The quantitative estimate of drug-likeness (QED) is 0.560. The summed E-state index contributed by atoms with van der Waals surface area (Å²) in [7, 11) is -3.71. The van der Waals surface area contributed by atoms with Gasteiger partial charge in [0.25, 0.3) is 10.0 Å². The number of para-hydroxylation sites is 1.